The van der Waals surface area contributed by atoms with E-state index in [0.29, 0.717) is 18.9 Å². The van der Waals surface area contributed by atoms with Gasteiger partial charge in [0.05, 0.1) is 5.69 Å². The van der Waals surface area contributed by atoms with Crippen LogP contribution in [0.25, 0.3) is 4.96 Å². The third kappa shape index (κ3) is 4.24. The fraction of sp³-hybridized carbons (Fsp3) is 0.650. The van der Waals surface area contributed by atoms with Gasteiger partial charge in [-0.25, -0.2) is 4.98 Å². The van der Waals surface area contributed by atoms with E-state index in [2.05, 4.69) is 9.88 Å². The molecule has 0 aromatic carbocycles. The molecular formula is C20H28N4O2S. The molecule has 6 nitrogen and oxygen atoms in total. The first-order chi connectivity index (χ1) is 13.1. The van der Waals surface area contributed by atoms with Crippen LogP contribution in [0.4, 0.5) is 0 Å². The summed E-state index contributed by atoms with van der Waals surface area (Å²) in [7, 11) is 0. The normalized spacial score (nSPS) is 19.2. The number of fused-ring (bicyclic) bond motifs is 1. The summed E-state index contributed by atoms with van der Waals surface area (Å²) in [5.74, 6) is 1.09. The van der Waals surface area contributed by atoms with Gasteiger partial charge in [-0.05, 0) is 19.3 Å². The van der Waals surface area contributed by atoms with Crippen molar-refractivity contribution in [2.45, 2.75) is 52.0 Å². The molecule has 2 aromatic heterocycles. The highest BCUT2D eigenvalue weighted by Gasteiger charge is 2.23. The summed E-state index contributed by atoms with van der Waals surface area (Å²) >= 11 is 1.50. The van der Waals surface area contributed by atoms with E-state index in [-0.39, 0.29) is 5.56 Å². The molecule has 3 heterocycles. The lowest BCUT2D eigenvalue weighted by Crippen LogP contribution is -2.48. The van der Waals surface area contributed by atoms with E-state index in [1.165, 1.54) is 37.0 Å². The van der Waals surface area contributed by atoms with Crippen LogP contribution in [0.5, 0.6) is 0 Å². The molecule has 4 rings (SSSR count). The monoisotopic (exact) mass is 388 g/mol. The highest BCUT2D eigenvalue weighted by Crippen LogP contribution is 2.28. The Morgan fingerprint density at radius 3 is 2.70 bits per heavy atom. The minimum Gasteiger partial charge on any atom is -0.340 e. The van der Waals surface area contributed by atoms with Crippen molar-refractivity contribution in [2.24, 2.45) is 5.92 Å². The molecule has 0 unspecified atom stereocenters. The largest absolute Gasteiger partial charge is 0.340 e. The van der Waals surface area contributed by atoms with E-state index in [1.807, 2.05) is 17.2 Å². The zero-order chi connectivity index (χ0) is 18.8. The lowest BCUT2D eigenvalue weighted by atomic mass is 10.0. The predicted octanol–water partition coefficient (Wildman–Crippen LogP) is 2.68. The van der Waals surface area contributed by atoms with Crippen molar-refractivity contribution in [3.05, 3.63) is 33.2 Å². The number of piperazine rings is 1. The maximum absolute atomic E-state index is 12.5. The second kappa shape index (κ2) is 8.10. The number of aromatic nitrogens is 2. The first-order valence-electron chi connectivity index (χ1n) is 10.1. The summed E-state index contributed by atoms with van der Waals surface area (Å²) in [4.78, 5) is 34.5. The molecule has 146 valence electrons. The molecule has 0 radical (unpaired) electrons. The number of carbonyl (C=O) groups excluding carboxylic acids is 1. The van der Waals surface area contributed by atoms with E-state index in [0.717, 1.165) is 54.9 Å². The quantitative estimate of drug-likeness (QED) is 0.790. The van der Waals surface area contributed by atoms with Crippen molar-refractivity contribution in [1.29, 1.82) is 0 Å². The van der Waals surface area contributed by atoms with Crippen LogP contribution >= 0.6 is 11.3 Å². The van der Waals surface area contributed by atoms with Crippen molar-refractivity contribution >= 4 is 22.2 Å². The van der Waals surface area contributed by atoms with Crippen LogP contribution in [-0.4, -0.2) is 51.3 Å². The maximum Gasteiger partial charge on any atom is 0.259 e. The first kappa shape index (κ1) is 18.6. The van der Waals surface area contributed by atoms with Crippen LogP contribution in [0.1, 0.15) is 49.9 Å². The van der Waals surface area contributed by atoms with Crippen LogP contribution in [0.15, 0.2) is 16.2 Å². The van der Waals surface area contributed by atoms with Gasteiger partial charge in [-0.15, -0.1) is 11.3 Å². The molecule has 2 fully saturated rings. The average molecular weight is 389 g/mol. The van der Waals surface area contributed by atoms with Crippen molar-refractivity contribution in [1.82, 2.24) is 19.2 Å². The summed E-state index contributed by atoms with van der Waals surface area (Å²) in [6.07, 6.45) is 7.06. The Hall–Kier alpha value is -1.73. The molecule has 0 bridgehead atoms. The molecule has 0 atom stereocenters. The van der Waals surface area contributed by atoms with Crippen LogP contribution in [-0.2, 0) is 11.3 Å². The fourth-order valence-electron chi connectivity index (χ4n) is 4.35. The average Bonchev–Trinajstić information content (AvgIpc) is 3.30. The molecule has 27 heavy (non-hydrogen) atoms. The van der Waals surface area contributed by atoms with Crippen molar-refractivity contribution < 1.29 is 4.79 Å². The van der Waals surface area contributed by atoms with Crippen LogP contribution in [0, 0.1) is 12.8 Å². The van der Waals surface area contributed by atoms with Gasteiger partial charge < -0.3 is 4.90 Å². The van der Waals surface area contributed by atoms with Gasteiger partial charge in [0.15, 0.2) is 4.96 Å². The van der Waals surface area contributed by atoms with Crippen molar-refractivity contribution in [3.8, 4) is 0 Å². The second-order valence-corrected chi connectivity index (χ2v) is 8.76. The molecule has 1 saturated heterocycles. The van der Waals surface area contributed by atoms with Gasteiger partial charge in [0.25, 0.3) is 5.56 Å². The van der Waals surface area contributed by atoms with E-state index in [9.17, 15) is 9.59 Å². The smallest absolute Gasteiger partial charge is 0.259 e. The van der Waals surface area contributed by atoms with Gasteiger partial charge in [-0.2, -0.15) is 0 Å². The molecule has 2 aliphatic rings. The molecule has 0 spiro atoms. The maximum atomic E-state index is 12.5. The SMILES string of the molecule is Cc1csc2nc(CN3CCN(C(=O)CCC4CCCC4)CC3)cc(=O)n12. The van der Waals surface area contributed by atoms with Gasteiger partial charge in [-0.1, -0.05) is 25.7 Å². The Morgan fingerprint density at radius 2 is 1.96 bits per heavy atom. The summed E-state index contributed by atoms with van der Waals surface area (Å²) in [5, 5.41) is 1.96. The van der Waals surface area contributed by atoms with E-state index in [1.54, 1.807) is 10.5 Å². The summed E-state index contributed by atoms with van der Waals surface area (Å²) in [5.41, 5.74) is 1.75. The number of amides is 1. The van der Waals surface area contributed by atoms with Crippen molar-refractivity contribution in [3.63, 3.8) is 0 Å². The number of hydrogen-bond acceptors (Lipinski definition) is 5. The summed E-state index contributed by atoms with van der Waals surface area (Å²) in [6.45, 7) is 5.85. The standard InChI is InChI=1S/C20H28N4O2S/c1-15-14-27-20-21-17(12-19(26)24(15)20)13-22-8-10-23(11-9-22)18(25)7-6-16-4-2-3-5-16/h12,14,16H,2-11,13H2,1H3. The van der Waals surface area contributed by atoms with Crippen LogP contribution < -0.4 is 5.56 Å². The van der Waals surface area contributed by atoms with Gasteiger partial charge in [0, 0.05) is 56.3 Å². The molecule has 0 N–H and O–H groups in total. The Labute approximate surface area is 163 Å². The molecule has 2 aromatic rings. The molecule has 1 amide bonds. The Balaban J connectivity index is 1.29. The number of aryl methyl sites for hydroxylation is 1. The van der Waals surface area contributed by atoms with E-state index >= 15 is 0 Å². The van der Waals surface area contributed by atoms with E-state index < -0.39 is 0 Å². The first-order valence-corrected chi connectivity index (χ1v) is 10.9. The summed E-state index contributed by atoms with van der Waals surface area (Å²) < 4.78 is 1.66. The molecule has 1 aliphatic heterocycles. The van der Waals surface area contributed by atoms with Crippen LogP contribution in [0.2, 0.25) is 0 Å². The number of hydrogen-bond donors (Lipinski definition) is 0. The predicted molar refractivity (Wildman–Crippen MR) is 107 cm³/mol. The molecule has 1 saturated carbocycles. The topological polar surface area (TPSA) is 57.9 Å². The molecule has 1 aliphatic carbocycles. The zero-order valence-corrected chi connectivity index (χ0v) is 16.8. The highest BCUT2D eigenvalue weighted by molar-refractivity contribution is 7.15. The highest BCUT2D eigenvalue weighted by atomic mass is 32.1. The van der Waals surface area contributed by atoms with Crippen molar-refractivity contribution in [2.75, 3.05) is 26.2 Å². The Kier molecular flexibility index (Phi) is 5.59. The Morgan fingerprint density at radius 1 is 1.22 bits per heavy atom. The minimum absolute atomic E-state index is 0.00511. The van der Waals surface area contributed by atoms with Gasteiger partial charge in [-0.3, -0.25) is 18.9 Å². The third-order valence-electron chi connectivity index (χ3n) is 5.98. The number of rotatable bonds is 5. The lowest BCUT2D eigenvalue weighted by molar-refractivity contribution is -0.133. The third-order valence-corrected chi connectivity index (χ3v) is 6.92. The molecular weight excluding hydrogens is 360 g/mol. The van der Waals surface area contributed by atoms with Gasteiger partial charge >= 0.3 is 0 Å². The van der Waals surface area contributed by atoms with Crippen LogP contribution in [0.3, 0.4) is 0 Å². The zero-order valence-electron chi connectivity index (χ0n) is 16.0. The van der Waals surface area contributed by atoms with Gasteiger partial charge in [0.2, 0.25) is 5.91 Å². The lowest BCUT2D eigenvalue weighted by Gasteiger charge is -2.34. The fourth-order valence-corrected chi connectivity index (χ4v) is 5.24. The minimum atomic E-state index is -0.00511. The van der Waals surface area contributed by atoms with Gasteiger partial charge in [0.1, 0.15) is 0 Å². The summed E-state index contributed by atoms with van der Waals surface area (Å²) in [6, 6.07) is 1.64. The number of nitrogens with zero attached hydrogens (tertiary/aromatic N) is 4. The Bertz CT molecular complexity index is 860. The number of thiazole rings is 1. The second-order valence-electron chi connectivity index (χ2n) is 7.93. The van der Waals surface area contributed by atoms with E-state index in [4.69, 9.17) is 0 Å². The molecule has 7 heteroatoms. The number of carbonyl (C=O) groups is 1.